The molecule has 2 unspecified atom stereocenters. The van der Waals surface area contributed by atoms with Gasteiger partial charge in [0.15, 0.2) is 0 Å². The minimum Gasteiger partial charge on any atom is -0.507 e. The summed E-state index contributed by atoms with van der Waals surface area (Å²) in [6.45, 7) is 8.90. The zero-order valence-corrected chi connectivity index (χ0v) is 20.5. The largest absolute Gasteiger partial charge is 0.507 e. The fourth-order valence-electron chi connectivity index (χ4n) is 5.75. The monoisotopic (exact) mass is 446 g/mol. The van der Waals surface area contributed by atoms with Gasteiger partial charge in [0, 0.05) is 32.5 Å². The maximum absolute atomic E-state index is 11.8. The molecular formula is C29H34O2S. The zero-order chi connectivity index (χ0) is 22.5. The number of thiophene rings is 1. The van der Waals surface area contributed by atoms with Gasteiger partial charge in [-0.25, -0.2) is 0 Å². The summed E-state index contributed by atoms with van der Waals surface area (Å²) in [5, 5.41) is 13.1. The third kappa shape index (κ3) is 3.65. The molecule has 2 aliphatic rings. The number of hydrogen-bond acceptors (Lipinski definition) is 3. The van der Waals surface area contributed by atoms with Gasteiger partial charge in [-0.2, -0.15) is 0 Å². The lowest BCUT2D eigenvalue weighted by Crippen LogP contribution is -2.45. The Labute approximate surface area is 195 Å². The van der Waals surface area contributed by atoms with Crippen LogP contribution in [0.4, 0.5) is 0 Å². The standard InChI is InChI=1S/C29H34O2S/c1-5-6-7-11-20-16-23-27(21-15-18(2)13-14-22(21)29(3,4)31-23)28(30)26(20)25-17-19-10-8-9-12-24(19)32-25/h8-10,12,15-17,21-22,30H,5-7,11,13-14H2,1-4H3. The zero-order valence-electron chi connectivity index (χ0n) is 19.7. The molecule has 0 fully saturated rings. The Morgan fingerprint density at radius 2 is 1.97 bits per heavy atom. The van der Waals surface area contributed by atoms with Crippen LogP contribution in [0, 0.1) is 5.92 Å². The van der Waals surface area contributed by atoms with Gasteiger partial charge in [-0.3, -0.25) is 0 Å². The van der Waals surface area contributed by atoms with Crippen molar-refractivity contribution in [2.24, 2.45) is 5.92 Å². The highest BCUT2D eigenvalue weighted by molar-refractivity contribution is 7.22. The lowest BCUT2D eigenvalue weighted by molar-refractivity contribution is 0.0108. The van der Waals surface area contributed by atoms with Gasteiger partial charge in [0.2, 0.25) is 0 Å². The van der Waals surface area contributed by atoms with Crippen molar-refractivity contribution in [2.45, 2.75) is 77.7 Å². The molecule has 2 atom stereocenters. The second kappa shape index (κ2) is 8.26. The number of aromatic hydroxyl groups is 1. The van der Waals surface area contributed by atoms with Crippen LogP contribution in [0.15, 0.2) is 48.0 Å². The molecule has 0 radical (unpaired) electrons. The SMILES string of the molecule is CCCCCc1cc2c(c(O)c1-c1cc3ccccc3s1)C1C=C(C)CCC1C(C)(C)O2. The van der Waals surface area contributed by atoms with Crippen LogP contribution in [0.3, 0.4) is 0 Å². The van der Waals surface area contributed by atoms with Gasteiger partial charge in [0.05, 0.1) is 0 Å². The number of unbranched alkanes of at least 4 members (excludes halogenated alkanes) is 2. The molecule has 32 heavy (non-hydrogen) atoms. The van der Waals surface area contributed by atoms with Crippen molar-refractivity contribution < 1.29 is 9.84 Å². The third-order valence-electron chi connectivity index (χ3n) is 7.45. The first-order chi connectivity index (χ1) is 15.4. The summed E-state index contributed by atoms with van der Waals surface area (Å²) in [5.74, 6) is 1.92. The number of ether oxygens (including phenoxy) is 1. The molecule has 0 saturated carbocycles. The van der Waals surface area contributed by atoms with Crippen LogP contribution >= 0.6 is 11.3 Å². The Bertz CT molecular complexity index is 1150. The summed E-state index contributed by atoms with van der Waals surface area (Å²) in [5.41, 5.74) is 4.43. The summed E-state index contributed by atoms with van der Waals surface area (Å²) in [6, 6.07) is 13.0. The van der Waals surface area contributed by atoms with E-state index in [4.69, 9.17) is 4.74 Å². The van der Waals surface area contributed by atoms with Crippen LogP contribution in [0.25, 0.3) is 20.5 Å². The molecule has 1 aliphatic carbocycles. The average Bonchev–Trinajstić information content (AvgIpc) is 3.16. The molecule has 0 spiro atoms. The maximum atomic E-state index is 11.8. The van der Waals surface area contributed by atoms with Crippen molar-refractivity contribution in [3.63, 3.8) is 0 Å². The molecule has 3 heteroatoms. The van der Waals surface area contributed by atoms with E-state index in [-0.39, 0.29) is 11.5 Å². The van der Waals surface area contributed by atoms with Gasteiger partial charge < -0.3 is 9.84 Å². The predicted molar refractivity (Wildman–Crippen MR) is 136 cm³/mol. The minimum absolute atomic E-state index is 0.209. The van der Waals surface area contributed by atoms with Gasteiger partial charge >= 0.3 is 0 Å². The lowest BCUT2D eigenvalue weighted by atomic mass is 9.67. The van der Waals surface area contributed by atoms with Crippen molar-refractivity contribution in [3.05, 3.63) is 59.2 Å². The Hall–Kier alpha value is -2.26. The Kier molecular flexibility index (Phi) is 5.57. The highest BCUT2D eigenvalue weighted by Crippen LogP contribution is 2.56. The van der Waals surface area contributed by atoms with Gasteiger partial charge in [-0.1, -0.05) is 49.6 Å². The number of benzene rings is 2. The second-order valence-corrected chi connectivity index (χ2v) is 11.2. The molecule has 0 bridgehead atoms. The number of aryl methyl sites for hydroxylation is 1. The Balaban J connectivity index is 1.72. The van der Waals surface area contributed by atoms with Crippen LogP contribution in [0.5, 0.6) is 11.5 Å². The van der Waals surface area contributed by atoms with E-state index in [1.165, 1.54) is 34.1 Å². The van der Waals surface area contributed by atoms with Gasteiger partial charge in [-0.15, -0.1) is 11.3 Å². The highest BCUT2D eigenvalue weighted by atomic mass is 32.1. The second-order valence-electron chi connectivity index (χ2n) is 10.2. The van der Waals surface area contributed by atoms with E-state index in [1.54, 1.807) is 11.3 Å². The number of fused-ring (bicyclic) bond motifs is 4. The summed E-state index contributed by atoms with van der Waals surface area (Å²) < 4.78 is 7.88. The fourth-order valence-corrected chi connectivity index (χ4v) is 6.90. The smallest absolute Gasteiger partial charge is 0.132 e. The van der Waals surface area contributed by atoms with Crippen LogP contribution < -0.4 is 4.74 Å². The van der Waals surface area contributed by atoms with Crippen LogP contribution in [0.1, 0.15) is 76.8 Å². The summed E-state index contributed by atoms with van der Waals surface area (Å²) in [4.78, 5) is 1.16. The molecule has 2 nitrogen and oxygen atoms in total. The molecule has 0 amide bonds. The summed E-state index contributed by atoms with van der Waals surface area (Å²) in [6.07, 6.45) is 9.08. The number of phenols is 1. The summed E-state index contributed by atoms with van der Waals surface area (Å²) >= 11 is 1.78. The average molecular weight is 447 g/mol. The Morgan fingerprint density at radius 1 is 1.16 bits per heavy atom. The molecule has 2 heterocycles. The van der Waals surface area contributed by atoms with E-state index < -0.39 is 0 Å². The molecule has 1 aliphatic heterocycles. The van der Waals surface area contributed by atoms with Crippen LogP contribution in [-0.2, 0) is 6.42 Å². The topological polar surface area (TPSA) is 29.5 Å². The lowest BCUT2D eigenvalue weighted by Gasteiger charge is -2.46. The minimum atomic E-state index is -0.235. The molecule has 2 aromatic carbocycles. The first kappa shape index (κ1) is 21.6. The maximum Gasteiger partial charge on any atom is 0.132 e. The summed E-state index contributed by atoms with van der Waals surface area (Å²) in [7, 11) is 0. The van der Waals surface area contributed by atoms with E-state index in [0.717, 1.165) is 47.4 Å². The number of allylic oxidation sites excluding steroid dienone is 2. The third-order valence-corrected chi connectivity index (χ3v) is 8.59. The van der Waals surface area contributed by atoms with Crippen LogP contribution in [0.2, 0.25) is 0 Å². The van der Waals surface area contributed by atoms with Crippen molar-refractivity contribution in [1.29, 1.82) is 0 Å². The normalized spacial score (nSPS) is 21.6. The van der Waals surface area contributed by atoms with Gasteiger partial charge in [0.25, 0.3) is 0 Å². The Morgan fingerprint density at radius 3 is 2.75 bits per heavy atom. The first-order valence-electron chi connectivity index (χ1n) is 12.1. The molecule has 5 rings (SSSR count). The van der Waals surface area contributed by atoms with E-state index in [1.807, 2.05) is 0 Å². The molecular weight excluding hydrogens is 412 g/mol. The first-order valence-corrected chi connectivity index (χ1v) is 12.9. The van der Waals surface area contributed by atoms with E-state index >= 15 is 0 Å². The van der Waals surface area contributed by atoms with E-state index in [9.17, 15) is 5.11 Å². The highest BCUT2D eigenvalue weighted by Gasteiger charge is 2.46. The van der Waals surface area contributed by atoms with Crippen molar-refractivity contribution >= 4 is 21.4 Å². The van der Waals surface area contributed by atoms with Crippen molar-refractivity contribution in [3.8, 4) is 21.9 Å². The van der Waals surface area contributed by atoms with E-state index in [0.29, 0.717) is 11.7 Å². The van der Waals surface area contributed by atoms with Gasteiger partial charge in [-0.05, 0) is 75.6 Å². The van der Waals surface area contributed by atoms with Crippen LogP contribution in [-0.4, -0.2) is 10.7 Å². The number of hydrogen-bond donors (Lipinski definition) is 1. The number of phenolic OH excluding ortho intramolecular Hbond substituents is 1. The molecule has 0 saturated heterocycles. The van der Waals surface area contributed by atoms with Gasteiger partial charge in [0.1, 0.15) is 17.1 Å². The quantitative estimate of drug-likeness (QED) is 0.314. The van der Waals surface area contributed by atoms with E-state index in [2.05, 4.69) is 70.2 Å². The molecule has 1 N–H and O–H groups in total. The molecule has 168 valence electrons. The number of rotatable bonds is 5. The fraction of sp³-hybridized carbons (Fsp3) is 0.448. The van der Waals surface area contributed by atoms with Crippen molar-refractivity contribution in [1.82, 2.24) is 0 Å². The molecule has 1 aromatic heterocycles. The predicted octanol–water partition coefficient (Wildman–Crippen LogP) is 8.62. The van der Waals surface area contributed by atoms with Crippen molar-refractivity contribution in [2.75, 3.05) is 0 Å². The molecule has 3 aromatic rings.